The average molecular weight is 339 g/mol. The second kappa shape index (κ2) is 6.18. The Kier molecular flexibility index (Phi) is 4.57. The van der Waals surface area contributed by atoms with Gasteiger partial charge in [-0.1, -0.05) is 17.8 Å². The van der Waals surface area contributed by atoms with E-state index in [2.05, 4.69) is 15.9 Å². The third-order valence-corrected chi connectivity index (χ3v) is 4.51. The summed E-state index contributed by atoms with van der Waals surface area (Å²) in [6, 6.07) is 12.4. The van der Waals surface area contributed by atoms with Crippen molar-refractivity contribution in [2.45, 2.75) is 16.3 Å². The normalized spacial score (nSPS) is 10.4. The standard InChI is InChI=1S/C13H11BrN2O2S/c14-12-7-9(8-15)1-6-13(12)19-11-4-2-10(3-5-11)16(17)18/h1-7H,8,15H2. The minimum Gasteiger partial charge on any atom is -0.326 e. The van der Waals surface area contributed by atoms with Crippen molar-refractivity contribution in [3.8, 4) is 0 Å². The van der Waals surface area contributed by atoms with Crippen molar-refractivity contribution < 1.29 is 4.92 Å². The summed E-state index contributed by atoms with van der Waals surface area (Å²) in [5.41, 5.74) is 6.73. The largest absolute Gasteiger partial charge is 0.326 e. The molecule has 0 spiro atoms. The monoisotopic (exact) mass is 338 g/mol. The smallest absolute Gasteiger partial charge is 0.269 e. The minimum absolute atomic E-state index is 0.0990. The molecule has 0 aliphatic heterocycles. The van der Waals surface area contributed by atoms with E-state index in [9.17, 15) is 10.1 Å². The Hall–Kier alpha value is -1.37. The fraction of sp³-hybridized carbons (Fsp3) is 0.0769. The zero-order valence-electron chi connectivity index (χ0n) is 9.88. The first-order valence-corrected chi connectivity index (χ1v) is 7.12. The van der Waals surface area contributed by atoms with Gasteiger partial charge in [0.15, 0.2) is 0 Å². The van der Waals surface area contributed by atoms with Crippen LogP contribution >= 0.6 is 27.7 Å². The van der Waals surface area contributed by atoms with Gasteiger partial charge in [-0.2, -0.15) is 0 Å². The second-order valence-corrected chi connectivity index (χ2v) is 5.79. The van der Waals surface area contributed by atoms with Gasteiger partial charge in [-0.15, -0.1) is 0 Å². The molecule has 0 heterocycles. The number of halogens is 1. The molecule has 0 fully saturated rings. The summed E-state index contributed by atoms with van der Waals surface area (Å²) >= 11 is 5.04. The van der Waals surface area contributed by atoms with Crippen LogP contribution in [0.2, 0.25) is 0 Å². The molecule has 19 heavy (non-hydrogen) atoms. The Bertz CT molecular complexity index is 602. The van der Waals surface area contributed by atoms with E-state index < -0.39 is 4.92 Å². The van der Waals surface area contributed by atoms with E-state index >= 15 is 0 Å². The van der Waals surface area contributed by atoms with Crippen LogP contribution in [0.15, 0.2) is 56.7 Å². The van der Waals surface area contributed by atoms with Crippen molar-refractivity contribution in [2.24, 2.45) is 5.73 Å². The van der Waals surface area contributed by atoms with Crippen LogP contribution in [-0.2, 0) is 6.54 Å². The summed E-state index contributed by atoms with van der Waals surface area (Å²) in [5, 5.41) is 10.6. The van der Waals surface area contributed by atoms with Gasteiger partial charge in [0.1, 0.15) is 0 Å². The van der Waals surface area contributed by atoms with Gasteiger partial charge < -0.3 is 5.73 Å². The Morgan fingerprint density at radius 2 is 1.89 bits per heavy atom. The van der Waals surface area contributed by atoms with Gasteiger partial charge in [-0.25, -0.2) is 0 Å². The molecule has 4 nitrogen and oxygen atoms in total. The van der Waals surface area contributed by atoms with Gasteiger partial charge in [0.2, 0.25) is 0 Å². The first kappa shape index (κ1) is 14.0. The highest BCUT2D eigenvalue weighted by molar-refractivity contribution is 9.10. The number of nitrogens with zero attached hydrogens (tertiary/aromatic N) is 1. The molecule has 0 unspecified atom stereocenters. The van der Waals surface area contributed by atoms with Gasteiger partial charge in [0, 0.05) is 32.9 Å². The van der Waals surface area contributed by atoms with Gasteiger partial charge in [0.05, 0.1) is 4.92 Å². The molecule has 2 rings (SSSR count). The highest BCUT2D eigenvalue weighted by atomic mass is 79.9. The van der Waals surface area contributed by atoms with Crippen LogP contribution in [0.5, 0.6) is 0 Å². The topological polar surface area (TPSA) is 69.2 Å². The zero-order valence-corrected chi connectivity index (χ0v) is 12.3. The van der Waals surface area contributed by atoms with E-state index in [1.807, 2.05) is 18.2 Å². The van der Waals surface area contributed by atoms with E-state index in [1.54, 1.807) is 23.9 Å². The van der Waals surface area contributed by atoms with Crippen molar-refractivity contribution in [1.82, 2.24) is 0 Å². The van der Waals surface area contributed by atoms with Gasteiger partial charge in [-0.05, 0) is 45.8 Å². The predicted octanol–water partition coefficient (Wildman–Crippen LogP) is 3.97. The highest BCUT2D eigenvalue weighted by Crippen LogP contribution is 2.34. The fourth-order valence-electron chi connectivity index (χ4n) is 1.52. The molecule has 0 saturated heterocycles. The molecule has 0 aliphatic carbocycles. The predicted molar refractivity (Wildman–Crippen MR) is 79.3 cm³/mol. The van der Waals surface area contributed by atoms with Crippen LogP contribution in [0.1, 0.15) is 5.56 Å². The molecule has 0 saturated carbocycles. The lowest BCUT2D eigenvalue weighted by Crippen LogP contribution is -1.95. The van der Waals surface area contributed by atoms with Gasteiger partial charge >= 0.3 is 0 Å². The summed E-state index contributed by atoms with van der Waals surface area (Å²) in [4.78, 5) is 12.2. The van der Waals surface area contributed by atoms with E-state index in [-0.39, 0.29) is 5.69 Å². The van der Waals surface area contributed by atoms with E-state index in [0.717, 1.165) is 19.8 Å². The number of non-ortho nitro benzene ring substituents is 1. The number of hydrogen-bond donors (Lipinski definition) is 1. The first-order valence-electron chi connectivity index (χ1n) is 5.51. The number of rotatable bonds is 4. The van der Waals surface area contributed by atoms with Crippen LogP contribution in [0.25, 0.3) is 0 Å². The van der Waals surface area contributed by atoms with Crippen LogP contribution in [0.3, 0.4) is 0 Å². The summed E-state index contributed by atoms with van der Waals surface area (Å²) in [7, 11) is 0. The third-order valence-electron chi connectivity index (χ3n) is 2.51. The molecule has 0 bridgehead atoms. The molecular formula is C13H11BrN2O2S. The van der Waals surface area contributed by atoms with Crippen molar-refractivity contribution >= 4 is 33.4 Å². The number of benzene rings is 2. The van der Waals surface area contributed by atoms with Crippen LogP contribution in [-0.4, -0.2) is 4.92 Å². The Labute approximate surface area is 123 Å². The Morgan fingerprint density at radius 1 is 1.21 bits per heavy atom. The molecule has 6 heteroatoms. The lowest BCUT2D eigenvalue weighted by Gasteiger charge is -2.06. The Morgan fingerprint density at radius 3 is 2.42 bits per heavy atom. The molecular weight excluding hydrogens is 328 g/mol. The Balaban J connectivity index is 2.19. The second-order valence-electron chi connectivity index (χ2n) is 3.82. The van der Waals surface area contributed by atoms with Crippen molar-refractivity contribution in [2.75, 3.05) is 0 Å². The zero-order chi connectivity index (χ0) is 13.8. The van der Waals surface area contributed by atoms with Crippen molar-refractivity contribution in [3.63, 3.8) is 0 Å². The number of nitrogens with two attached hydrogens (primary N) is 1. The summed E-state index contributed by atoms with van der Waals surface area (Å²) in [6.07, 6.45) is 0. The SMILES string of the molecule is NCc1ccc(Sc2ccc([N+](=O)[O-])cc2)c(Br)c1. The number of nitro benzene ring substituents is 1. The summed E-state index contributed by atoms with van der Waals surface area (Å²) < 4.78 is 0.971. The molecule has 98 valence electrons. The first-order chi connectivity index (χ1) is 9.10. The minimum atomic E-state index is -0.402. The van der Waals surface area contributed by atoms with E-state index in [0.29, 0.717) is 6.54 Å². The molecule has 2 N–H and O–H groups in total. The van der Waals surface area contributed by atoms with Crippen LogP contribution < -0.4 is 5.73 Å². The molecule has 0 aromatic heterocycles. The summed E-state index contributed by atoms with van der Waals surface area (Å²) in [5.74, 6) is 0. The maximum Gasteiger partial charge on any atom is 0.269 e. The summed E-state index contributed by atoms with van der Waals surface area (Å²) in [6.45, 7) is 0.501. The quantitative estimate of drug-likeness (QED) is 0.676. The fourth-order valence-corrected chi connectivity index (χ4v) is 3.00. The van der Waals surface area contributed by atoms with Crippen LogP contribution in [0.4, 0.5) is 5.69 Å². The molecule has 0 amide bonds. The molecule has 0 atom stereocenters. The van der Waals surface area contributed by atoms with Crippen molar-refractivity contribution in [1.29, 1.82) is 0 Å². The van der Waals surface area contributed by atoms with Crippen LogP contribution in [0, 0.1) is 10.1 Å². The maximum absolute atomic E-state index is 10.6. The number of nitro groups is 1. The highest BCUT2D eigenvalue weighted by Gasteiger charge is 2.07. The average Bonchev–Trinajstić information content (AvgIpc) is 2.41. The maximum atomic E-state index is 10.6. The lowest BCUT2D eigenvalue weighted by atomic mass is 10.2. The molecule has 2 aromatic rings. The molecule has 0 radical (unpaired) electrons. The lowest BCUT2D eigenvalue weighted by molar-refractivity contribution is -0.384. The van der Waals surface area contributed by atoms with E-state index in [4.69, 9.17) is 5.73 Å². The third kappa shape index (κ3) is 3.56. The van der Waals surface area contributed by atoms with Gasteiger partial charge in [-0.3, -0.25) is 10.1 Å². The van der Waals surface area contributed by atoms with Gasteiger partial charge in [0.25, 0.3) is 5.69 Å². The molecule has 0 aliphatic rings. The molecule has 2 aromatic carbocycles. The van der Waals surface area contributed by atoms with E-state index in [1.165, 1.54) is 12.1 Å². The number of hydrogen-bond acceptors (Lipinski definition) is 4. The van der Waals surface area contributed by atoms with Crippen molar-refractivity contribution in [3.05, 3.63) is 62.6 Å².